The summed E-state index contributed by atoms with van der Waals surface area (Å²) >= 11 is 0. The molecule has 0 aliphatic heterocycles. The van der Waals surface area contributed by atoms with E-state index in [0.717, 1.165) is 0 Å². The molecular weight excluding hydrogens is 198 g/mol. The summed E-state index contributed by atoms with van der Waals surface area (Å²) in [5, 5.41) is 10.7. The molecule has 0 saturated carbocycles. The monoisotopic (exact) mass is 209 g/mol. The highest BCUT2D eigenvalue weighted by Gasteiger charge is 2.19. The number of methoxy groups -OCH3 is 1. The summed E-state index contributed by atoms with van der Waals surface area (Å²) in [6.07, 6.45) is 0.668. The Bertz CT molecular complexity index is 389. The van der Waals surface area contributed by atoms with Crippen molar-refractivity contribution in [3.8, 4) is 5.75 Å². The molecule has 80 valence electrons. The molecule has 1 rings (SSSR count). The Labute approximate surface area is 86.8 Å². The second-order valence-electron chi connectivity index (χ2n) is 3.11. The Morgan fingerprint density at radius 1 is 1.53 bits per heavy atom. The molecule has 0 amide bonds. The number of carbonyl (C=O) groups is 1. The molecule has 1 aromatic carbocycles. The van der Waals surface area contributed by atoms with Crippen molar-refractivity contribution in [2.24, 2.45) is 0 Å². The molecule has 0 bridgehead atoms. The predicted molar refractivity (Wildman–Crippen MR) is 54.1 cm³/mol. The van der Waals surface area contributed by atoms with E-state index in [1.165, 1.54) is 25.3 Å². The summed E-state index contributed by atoms with van der Waals surface area (Å²) in [7, 11) is 1.47. The lowest BCUT2D eigenvalue weighted by Gasteiger charge is -2.07. The first-order valence-corrected chi connectivity index (χ1v) is 4.37. The van der Waals surface area contributed by atoms with Crippen LogP contribution in [0.5, 0.6) is 5.75 Å². The summed E-state index contributed by atoms with van der Waals surface area (Å²) in [4.78, 5) is 20.8. The van der Waals surface area contributed by atoms with Crippen molar-refractivity contribution in [3.63, 3.8) is 0 Å². The van der Waals surface area contributed by atoms with Crippen LogP contribution in [-0.4, -0.2) is 18.3 Å². The van der Waals surface area contributed by atoms with Gasteiger partial charge in [-0.05, 0) is 12.1 Å². The Kier molecular flexibility index (Phi) is 3.38. The third kappa shape index (κ3) is 2.31. The van der Waals surface area contributed by atoms with Crippen molar-refractivity contribution in [1.29, 1.82) is 0 Å². The lowest BCUT2D eigenvalue weighted by molar-refractivity contribution is -0.385. The van der Waals surface area contributed by atoms with Gasteiger partial charge in [0, 0.05) is 17.5 Å². The molecule has 0 N–H and O–H groups in total. The summed E-state index contributed by atoms with van der Waals surface area (Å²) in [6, 6.07) is 4.35. The predicted octanol–water partition coefficient (Wildman–Crippen LogP) is 1.91. The molecule has 0 aromatic heterocycles. The maximum atomic E-state index is 10.7. The molecule has 0 aliphatic rings. The maximum absolute atomic E-state index is 10.7. The summed E-state index contributed by atoms with van der Waals surface area (Å²) in [5.41, 5.74) is 0.310. The van der Waals surface area contributed by atoms with E-state index in [2.05, 4.69) is 0 Å². The molecule has 1 aromatic rings. The molecule has 0 heterocycles. The van der Waals surface area contributed by atoms with Crippen LogP contribution >= 0.6 is 0 Å². The highest BCUT2D eigenvalue weighted by molar-refractivity contribution is 5.66. The third-order valence-corrected chi connectivity index (χ3v) is 2.13. The van der Waals surface area contributed by atoms with Crippen LogP contribution in [0.3, 0.4) is 0 Å². The van der Waals surface area contributed by atoms with Crippen molar-refractivity contribution < 1.29 is 14.5 Å². The number of aldehydes is 1. The van der Waals surface area contributed by atoms with E-state index in [4.69, 9.17) is 4.74 Å². The van der Waals surface area contributed by atoms with Gasteiger partial charge in [-0.25, -0.2) is 0 Å². The van der Waals surface area contributed by atoms with Gasteiger partial charge in [-0.2, -0.15) is 0 Å². The van der Waals surface area contributed by atoms with Gasteiger partial charge in [-0.15, -0.1) is 0 Å². The number of nitro groups is 1. The number of benzene rings is 1. The van der Waals surface area contributed by atoms with E-state index >= 15 is 0 Å². The molecule has 0 fully saturated rings. The Morgan fingerprint density at radius 3 is 2.67 bits per heavy atom. The van der Waals surface area contributed by atoms with Gasteiger partial charge < -0.3 is 9.53 Å². The highest BCUT2D eigenvalue weighted by atomic mass is 16.6. The normalized spacial score (nSPS) is 11.9. The van der Waals surface area contributed by atoms with E-state index in [1.807, 2.05) is 0 Å². The number of hydrogen-bond acceptors (Lipinski definition) is 4. The second-order valence-corrected chi connectivity index (χ2v) is 3.11. The zero-order chi connectivity index (χ0) is 11.4. The molecule has 1 atom stereocenters. The van der Waals surface area contributed by atoms with Crippen molar-refractivity contribution in [3.05, 3.63) is 33.9 Å². The van der Waals surface area contributed by atoms with Crippen molar-refractivity contribution in [2.75, 3.05) is 7.11 Å². The first kappa shape index (κ1) is 11.2. The second kappa shape index (κ2) is 4.54. The van der Waals surface area contributed by atoms with Crippen molar-refractivity contribution in [2.45, 2.75) is 12.8 Å². The van der Waals surface area contributed by atoms with Gasteiger partial charge >= 0.3 is 0 Å². The fraction of sp³-hybridized carbons (Fsp3) is 0.300. The minimum absolute atomic E-state index is 0.0598. The first-order chi connectivity index (χ1) is 7.10. The van der Waals surface area contributed by atoms with E-state index in [1.54, 1.807) is 6.92 Å². The molecule has 0 radical (unpaired) electrons. The minimum atomic E-state index is -0.513. The molecule has 0 aliphatic carbocycles. The zero-order valence-corrected chi connectivity index (χ0v) is 8.47. The van der Waals surface area contributed by atoms with Gasteiger partial charge in [0.1, 0.15) is 12.0 Å². The number of carbonyl (C=O) groups excluding carboxylic acids is 1. The van der Waals surface area contributed by atoms with Gasteiger partial charge in [-0.1, -0.05) is 6.92 Å². The van der Waals surface area contributed by atoms with Crippen LogP contribution in [0, 0.1) is 10.1 Å². The first-order valence-electron chi connectivity index (χ1n) is 4.37. The molecule has 0 spiro atoms. The van der Waals surface area contributed by atoms with Crippen LogP contribution < -0.4 is 4.74 Å². The van der Waals surface area contributed by atoms with E-state index in [9.17, 15) is 14.9 Å². The van der Waals surface area contributed by atoms with E-state index < -0.39 is 10.8 Å². The van der Waals surface area contributed by atoms with Crippen LogP contribution in [-0.2, 0) is 4.79 Å². The SMILES string of the molecule is COc1ccc([N+](=O)[O-])c(C(C)C=O)c1. The molecule has 15 heavy (non-hydrogen) atoms. The van der Waals surface area contributed by atoms with Gasteiger partial charge in [0.25, 0.3) is 5.69 Å². The summed E-state index contributed by atoms with van der Waals surface area (Å²) in [6.45, 7) is 1.61. The summed E-state index contributed by atoms with van der Waals surface area (Å²) in [5.74, 6) is -0.00944. The number of nitrogens with zero attached hydrogens (tertiary/aromatic N) is 1. The van der Waals surface area contributed by atoms with Gasteiger partial charge in [0.05, 0.1) is 12.0 Å². The third-order valence-electron chi connectivity index (χ3n) is 2.13. The maximum Gasteiger partial charge on any atom is 0.273 e. The summed E-state index contributed by atoms with van der Waals surface area (Å²) < 4.78 is 4.95. The van der Waals surface area contributed by atoms with Crippen LogP contribution in [0.1, 0.15) is 18.4 Å². The molecule has 5 heteroatoms. The Morgan fingerprint density at radius 2 is 2.20 bits per heavy atom. The zero-order valence-electron chi connectivity index (χ0n) is 8.47. The molecule has 0 saturated heterocycles. The smallest absolute Gasteiger partial charge is 0.273 e. The lowest BCUT2D eigenvalue weighted by atomic mass is 10.0. The number of hydrogen-bond donors (Lipinski definition) is 0. The minimum Gasteiger partial charge on any atom is -0.497 e. The molecular formula is C10H11NO4. The van der Waals surface area contributed by atoms with Crippen molar-refractivity contribution in [1.82, 2.24) is 0 Å². The Hall–Kier alpha value is -1.91. The number of ether oxygens (including phenoxy) is 1. The van der Waals surface area contributed by atoms with E-state index in [0.29, 0.717) is 17.6 Å². The van der Waals surface area contributed by atoms with Crippen LogP contribution in [0.4, 0.5) is 5.69 Å². The molecule has 1 unspecified atom stereocenters. The standard InChI is InChI=1S/C10H11NO4/c1-7(6-12)9-5-8(15-2)3-4-10(9)11(13)14/h3-7H,1-2H3. The van der Waals surface area contributed by atoms with Gasteiger partial charge in [-0.3, -0.25) is 10.1 Å². The Balaban J connectivity index is 3.28. The number of nitro benzene ring substituents is 1. The van der Waals surface area contributed by atoms with Crippen molar-refractivity contribution >= 4 is 12.0 Å². The topological polar surface area (TPSA) is 69.4 Å². The quantitative estimate of drug-likeness (QED) is 0.431. The average Bonchev–Trinajstić information content (AvgIpc) is 2.26. The van der Waals surface area contributed by atoms with E-state index in [-0.39, 0.29) is 5.69 Å². The highest BCUT2D eigenvalue weighted by Crippen LogP contribution is 2.29. The largest absolute Gasteiger partial charge is 0.497 e. The van der Waals surface area contributed by atoms with Gasteiger partial charge in [0.2, 0.25) is 0 Å². The van der Waals surface area contributed by atoms with Crippen LogP contribution in [0.15, 0.2) is 18.2 Å². The van der Waals surface area contributed by atoms with Gasteiger partial charge in [0.15, 0.2) is 0 Å². The fourth-order valence-corrected chi connectivity index (χ4v) is 1.26. The number of rotatable bonds is 4. The van der Waals surface area contributed by atoms with Crippen LogP contribution in [0.25, 0.3) is 0 Å². The van der Waals surface area contributed by atoms with Crippen LogP contribution in [0.2, 0.25) is 0 Å². The molecule has 5 nitrogen and oxygen atoms in total. The lowest BCUT2D eigenvalue weighted by Crippen LogP contribution is -2.01. The average molecular weight is 209 g/mol. The fourth-order valence-electron chi connectivity index (χ4n) is 1.26.